The smallest absolute Gasteiger partial charge is 0.106 e. The van der Waals surface area contributed by atoms with Crippen molar-refractivity contribution < 1.29 is 5.11 Å². The summed E-state index contributed by atoms with van der Waals surface area (Å²) in [5, 5.41) is 12.9. The van der Waals surface area contributed by atoms with Crippen molar-refractivity contribution in [3.63, 3.8) is 0 Å². The maximum absolute atomic E-state index is 9.59. The van der Waals surface area contributed by atoms with Gasteiger partial charge in [0, 0.05) is 0 Å². The van der Waals surface area contributed by atoms with E-state index in [1.54, 1.807) is 16.8 Å². The molecular formula is C15H15N3OS. The van der Waals surface area contributed by atoms with Gasteiger partial charge in [0.25, 0.3) is 0 Å². The third-order valence-corrected chi connectivity index (χ3v) is 4.05. The van der Waals surface area contributed by atoms with Gasteiger partial charge in [-0.05, 0) is 17.7 Å². The van der Waals surface area contributed by atoms with Crippen molar-refractivity contribution in [2.24, 2.45) is 0 Å². The summed E-state index contributed by atoms with van der Waals surface area (Å²) in [7, 11) is 0. The van der Waals surface area contributed by atoms with Crippen LogP contribution in [0, 0.1) is 0 Å². The van der Waals surface area contributed by atoms with Gasteiger partial charge in [-0.1, -0.05) is 30.3 Å². The summed E-state index contributed by atoms with van der Waals surface area (Å²) < 4.78 is 1.06. The lowest BCUT2D eigenvalue weighted by Gasteiger charge is -2.19. The van der Waals surface area contributed by atoms with Crippen LogP contribution in [0.15, 0.2) is 48.0 Å². The van der Waals surface area contributed by atoms with Crippen LogP contribution in [0.4, 0.5) is 11.4 Å². The molecule has 102 valence electrons. The second-order valence-corrected chi connectivity index (χ2v) is 5.40. The number of aromatic nitrogens is 1. The maximum atomic E-state index is 9.59. The topological polar surface area (TPSA) is 71.2 Å². The largest absolute Gasteiger partial charge is 0.395 e. The van der Waals surface area contributed by atoms with Crippen LogP contribution < -0.4 is 11.1 Å². The Morgan fingerprint density at radius 2 is 2.00 bits per heavy atom. The van der Waals surface area contributed by atoms with Crippen molar-refractivity contribution in [3.8, 4) is 0 Å². The summed E-state index contributed by atoms with van der Waals surface area (Å²) in [6, 6.07) is 13.5. The Bertz CT molecular complexity index is 711. The van der Waals surface area contributed by atoms with Crippen molar-refractivity contribution in [2.75, 3.05) is 17.7 Å². The number of hydrogen-bond donors (Lipinski definition) is 3. The zero-order valence-electron chi connectivity index (χ0n) is 10.8. The van der Waals surface area contributed by atoms with E-state index >= 15 is 0 Å². The highest BCUT2D eigenvalue weighted by Gasteiger charge is 2.13. The Morgan fingerprint density at radius 1 is 1.20 bits per heavy atom. The molecule has 0 spiro atoms. The maximum Gasteiger partial charge on any atom is 0.106 e. The lowest BCUT2D eigenvalue weighted by Crippen LogP contribution is -2.15. The molecule has 0 bridgehead atoms. The molecule has 0 saturated heterocycles. The van der Waals surface area contributed by atoms with Gasteiger partial charge < -0.3 is 16.2 Å². The molecule has 0 aliphatic heterocycles. The van der Waals surface area contributed by atoms with Crippen LogP contribution in [0.25, 0.3) is 10.2 Å². The predicted molar refractivity (Wildman–Crippen MR) is 83.9 cm³/mol. The van der Waals surface area contributed by atoms with E-state index in [-0.39, 0.29) is 12.6 Å². The summed E-state index contributed by atoms with van der Waals surface area (Å²) in [4.78, 5) is 4.28. The van der Waals surface area contributed by atoms with Gasteiger partial charge in [0.1, 0.15) is 5.52 Å². The van der Waals surface area contributed by atoms with Crippen molar-refractivity contribution in [1.82, 2.24) is 4.98 Å². The second kappa shape index (κ2) is 5.48. The van der Waals surface area contributed by atoms with Gasteiger partial charge in [0.2, 0.25) is 0 Å². The fourth-order valence-corrected chi connectivity index (χ4v) is 2.88. The zero-order chi connectivity index (χ0) is 13.9. The standard InChI is InChI=1S/C15H15N3OS/c16-14-11(6-7-13-15(14)17-9-20-13)18-12(8-19)10-4-2-1-3-5-10/h1-7,9,12,18-19H,8,16H2. The molecule has 1 heterocycles. The number of nitrogens with two attached hydrogens (primary N) is 1. The van der Waals surface area contributed by atoms with Crippen LogP contribution >= 0.6 is 11.3 Å². The number of aliphatic hydroxyl groups excluding tert-OH is 1. The minimum atomic E-state index is -0.186. The van der Waals surface area contributed by atoms with Gasteiger partial charge in [0.05, 0.1) is 34.2 Å². The summed E-state index contributed by atoms with van der Waals surface area (Å²) in [6.45, 7) is -0.00143. The van der Waals surface area contributed by atoms with Crippen LogP contribution in [-0.4, -0.2) is 16.7 Å². The summed E-state index contributed by atoms with van der Waals surface area (Å²) in [5.74, 6) is 0. The van der Waals surface area contributed by atoms with E-state index < -0.39 is 0 Å². The van der Waals surface area contributed by atoms with E-state index in [0.717, 1.165) is 21.5 Å². The van der Waals surface area contributed by atoms with E-state index in [2.05, 4.69) is 10.3 Å². The van der Waals surface area contributed by atoms with Crippen LogP contribution in [0.5, 0.6) is 0 Å². The first kappa shape index (κ1) is 12.9. The molecule has 0 saturated carbocycles. The van der Waals surface area contributed by atoms with Gasteiger partial charge in [-0.25, -0.2) is 4.98 Å². The minimum Gasteiger partial charge on any atom is -0.395 e. The van der Waals surface area contributed by atoms with E-state index in [4.69, 9.17) is 5.73 Å². The zero-order valence-corrected chi connectivity index (χ0v) is 11.6. The normalized spacial score (nSPS) is 12.4. The highest BCUT2D eigenvalue weighted by Crippen LogP contribution is 2.32. The number of rotatable bonds is 4. The molecule has 4 N–H and O–H groups in total. The van der Waals surface area contributed by atoms with Gasteiger partial charge in [-0.3, -0.25) is 0 Å². The number of benzene rings is 2. The summed E-state index contributed by atoms with van der Waals surface area (Å²) in [6.07, 6.45) is 0. The van der Waals surface area contributed by atoms with Crippen molar-refractivity contribution in [1.29, 1.82) is 0 Å². The summed E-state index contributed by atoms with van der Waals surface area (Å²) in [5.41, 5.74) is 11.2. The highest BCUT2D eigenvalue weighted by atomic mass is 32.1. The Labute approximate surface area is 120 Å². The van der Waals surface area contributed by atoms with E-state index in [9.17, 15) is 5.11 Å². The number of thiazole rings is 1. The summed E-state index contributed by atoms with van der Waals surface area (Å²) >= 11 is 1.56. The van der Waals surface area contributed by atoms with Crippen molar-refractivity contribution in [2.45, 2.75) is 6.04 Å². The Morgan fingerprint density at radius 3 is 2.75 bits per heavy atom. The van der Waals surface area contributed by atoms with Crippen LogP contribution in [0.1, 0.15) is 11.6 Å². The average Bonchev–Trinajstić information content (AvgIpc) is 2.97. The first-order valence-electron chi connectivity index (χ1n) is 6.33. The molecule has 0 fully saturated rings. The number of nitrogens with zero attached hydrogens (tertiary/aromatic N) is 1. The van der Waals surface area contributed by atoms with Crippen molar-refractivity contribution in [3.05, 3.63) is 53.5 Å². The number of nitrogens with one attached hydrogen (secondary N) is 1. The second-order valence-electron chi connectivity index (χ2n) is 4.52. The minimum absolute atomic E-state index is 0.00143. The van der Waals surface area contributed by atoms with Crippen LogP contribution in [-0.2, 0) is 0 Å². The molecule has 0 radical (unpaired) electrons. The predicted octanol–water partition coefficient (Wildman–Crippen LogP) is 3.02. The molecule has 1 atom stereocenters. The quantitative estimate of drug-likeness (QED) is 0.644. The molecule has 0 amide bonds. The molecule has 0 aliphatic rings. The van der Waals surface area contributed by atoms with Crippen LogP contribution in [0.2, 0.25) is 0 Å². The number of nitrogen functional groups attached to an aromatic ring is 1. The first-order chi connectivity index (χ1) is 9.79. The molecule has 0 aliphatic carbocycles. The first-order valence-corrected chi connectivity index (χ1v) is 7.21. The van der Waals surface area contributed by atoms with Gasteiger partial charge in [-0.15, -0.1) is 11.3 Å². The van der Waals surface area contributed by atoms with E-state index in [0.29, 0.717) is 5.69 Å². The highest BCUT2D eigenvalue weighted by molar-refractivity contribution is 7.16. The van der Waals surface area contributed by atoms with E-state index in [1.807, 2.05) is 42.5 Å². The SMILES string of the molecule is Nc1c(NC(CO)c2ccccc2)ccc2scnc12. The molecule has 4 nitrogen and oxygen atoms in total. The Hall–Kier alpha value is -2.11. The molecule has 3 aromatic rings. The average molecular weight is 285 g/mol. The molecule has 5 heteroatoms. The molecule has 2 aromatic carbocycles. The number of aliphatic hydroxyl groups is 1. The third-order valence-electron chi connectivity index (χ3n) is 3.26. The lowest BCUT2D eigenvalue weighted by molar-refractivity contribution is 0.276. The Balaban J connectivity index is 1.93. The number of hydrogen-bond acceptors (Lipinski definition) is 5. The van der Waals surface area contributed by atoms with E-state index in [1.165, 1.54) is 0 Å². The fraction of sp³-hybridized carbons (Fsp3) is 0.133. The van der Waals surface area contributed by atoms with Crippen molar-refractivity contribution >= 4 is 32.9 Å². The molecule has 3 rings (SSSR count). The molecule has 1 unspecified atom stereocenters. The fourth-order valence-electron chi connectivity index (χ4n) is 2.19. The molecule has 1 aromatic heterocycles. The molecule has 20 heavy (non-hydrogen) atoms. The monoisotopic (exact) mass is 285 g/mol. The molecular weight excluding hydrogens is 270 g/mol. The number of anilines is 2. The van der Waals surface area contributed by atoms with Gasteiger partial charge >= 0.3 is 0 Å². The third kappa shape index (κ3) is 2.33. The van der Waals surface area contributed by atoms with Crippen LogP contribution in [0.3, 0.4) is 0 Å². The van der Waals surface area contributed by atoms with Gasteiger partial charge in [0.15, 0.2) is 0 Å². The lowest BCUT2D eigenvalue weighted by atomic mass is 10.1. The van der Waals surface area contributed by atoms with Gasteiger partial charge in [-0.2, -0.15) is 0 Å². The Kier molecular flexibility index (Phi) is 3.54. The number of fused-ring (bicyclic) bond motifs is 1.